The van der Waals surface area contributed by atoms with E-state index in [0.29, 0.717) is 18.2 Å². The van der Waals surface area contributed by atoms with E-state index in [0.717, 1.165) is 27.7 Å². The van der Waals surface area contributed by atoms with E-state index in [4.69, 9.17) is 4.42 Å². The van der Waals surface area contributed by atoms with Crippen LogP contribution < -0.4 is 5.32 Å². The quantitative estimate of drug-likeness (QED) is 0.558. The molecular formula is C22H22N4O2. The van der Waals surface area contributed by atoms with Crippen LogP contribution in [0.2, 0.25) is 0 Å². The molecule has 6 heteroatoms. The minimum Gasteiger partial charge on any atom is -0.421 e. The van der Waals surface area contributed by atoms with E-state index in [9.17, 15) is 4.79 Å². The number of carbonyl (C=O) groups is 1. The van der Waals surface area contributed by atoms with Crippen molar-refractivity contribution in [2.75, 3.05) is 5.32 Å². The number of rotatable bonds is 5. The van der Waals surface area contributed by atoms with Gasteiger partial charge < -0.3 is 14.3 Å². The maximum Gasteiger partial charge on any atom is 0.249 e. The predicted molar refractivity (Wildman–Crippen MR) is 109 cm³/mol. The normalized spacial score (nSPS) is 11.1. The van der Waals surface area contributed by atoms with Gasteiger partial charge in [0.05, 0.1) is 5.56 Å². The predicted octanol–water partition coefficient (Wildman–Crippen LogP) is 4.51. The van der Waals surface area contributed by atoms with E-state index in [1.54, 1.807) is 0 Å². The lowest BCUT2D eigenvalue weighted by Crippen LogP contribution is -2.18. The zero-order valence-corrected chi connectivity index (χ0v) is 16.2. The number of fused-ring (bicyclic) bond motifs is 1. The number of amides is 1. The first-order chi connectivity index (χ1) is 13.5. The van der Waals surface area contributed by atoms with Crippen molar-refractivity contribution >= 4 is 22.5 Å². The molecule has 0 unspecified atom stereocenters. The summed E-state index contributed by atoms with van der Waals surface area (Å²) in [6.07, 6.45) is 2.58. The van der Waals surface area contributed by atoms with Gasteiger partial charge in [-0.15, -0.1) is 10.2 Å². The van der Waals surface area contributed by atoms with Crippen LogP contribution >= 0.6 is 0 Å². The molecule has 28 heavy (non-hydrogen) atoms. The lowest BCUT2D eigenvalue weighted by atomic mass is 10.1. The highest BCUT2D eigenvalue weighted by atomic mass is 16.4. The van der Waals surface area contributed by atoms with Crippen molar-refractivity contribution < 1.29 is 9.21 Å². The Bertz CT molecular complexity index is 1160. The highest BCUT2D eigenvalue weighted by Gasteiger charge is 2.16. The van der Waals surface area contributed by atoms with Crippen molar-refractivity contribution in [3.05, 3.63) is 65.7 Å². The number of aromatic nitrogens is 3. The van der Waals surface area contributed by atoms with Crippen molar-refractivity contribution in [1.82, 2.24) is 14.8 Å². The summed E-state index contributed by atoms with van der Waals surface area (Å²) in [7, 11) is 0. The molecule has 0 aliphatic carbocycles. The minimum atomic E-state index is -0.0877. The average Bonchev–Trinajstić information content (AvgIpc) is 3.30. The molecule has 2 heterocycles. The summed E-state index contributed by atoms with van der Waals surface area (Å²) in [6.45, 7) is 6.25. The second-order valence-electron chi connectivity index (χ2n) is 6.89. The lowest BCUT2D eigenvalue weighted by Gasteiger charge is -2.09. The number of para-hydroxylation sites is 1. The first-order valence-corrected chi connectivity index (χ1v) is 9.33. The highest BCUT2D eigenvalue weighted by Crippen LogP contribution is 2.30. The summed E-state index contributed by atoms with van der Waals surface area (Å²) in [5.74, 6) is 0.982. The van der Waals surface area contributed by atoms with Crippen molar-refractivity contribution in [2.45, 2.75) is 33.7 Å². The van der Waals surface area contributed by atoms with Crippen molar-refractivity contribution in [2.24, 2.45) is 0 Å². The fourth-order valence-corrected chi connectivity index (χ4v) is 3.23. The molecule has 1 amide bonds. The van der Waals surface area contributed by atoms with Gasteiger partial charge in [0.1, 0.15) is 6.54 Å². The van der Waals surface area contributed by atoms with Crippen LogP contribution in [0, 0.1) is 13.8 Å². The number of hydrogen-bond acceptors (Lipinski definition) is 4. The summed E-state index contributed by atoms with van der Waals surface area (Å²) in [6, 6.07) is 13.8. The van der Waals surface area contributed by atoms with Gasteiger partial charge in [0.25, 0.3) is 0 Å². The standard InChI is InChI=1S/C22H22N4O2/c1-4-21-24-25-22(28-21)18-12-26(19-8-6-5-7-17(18)19)13-20(27)23-16-10-9-14(2)15(3)11-16/h5-12H,4,13H2,1-3H3,(H,23,27). The Labute approximate surface area is 163 Å². The number of nitrogens with one attached hydrogen (secondary N) is 1. The molecule has 0 saturated carbocycles. The number of carbonyl (C=O) groups excluding carboxylic acids is 1. The van der Waals surface area contributed by atoms with E-state index in [-0.39, 0.29) is 12.5 Å². The molecule has 0 fully saturated rings. The third-order valence-corrected chi connectivity index (χ3v) is 4.89. The summed E-state index contributed by atoms with van der Waals surface area (Å²) >= 11 is 0. The monoisotopic (exact) mass is 374 g/mol. The van der Waals surface area contributed by atoms with Gasteiger partial charge in [-0.25, -0.2) is 0 Å². The SMILES string of the molecule is CCc1nnc(-c2cn(CC(=O)Nc3ccc(C)c(C)c3)c3ccccc23)o1. The third kappa shape index (κ3) is 3.41. The number of benzene rings is 2. The summed E-state index contributed by atoms with van der Waals surface area (Å²) in [5, 5.41) is 12.2. The van der Waals surface area contributed by atoms with E-state index in [1.165, 1.54) is 5.56 Å². The maximum absolute atomic E-state index is 12.6. The van der Waals surface area contributed by atoms with Crippen molar-refractivity contribution in [1.29, 1.82) is 0 Å². The van der Waals surface area contributed by atoms with E-state index >= 15 is 0 Å². The smallest absolute Gasteiger partial charge is 0.249 e. The lowest BCUT2D eigenvalue weighted by molar-refractivity contribution is -0.116. The Kier molecular flexibility index (Phi) is 4.69. The first kappa shape index (κ1) is 18.0. The molecule has 4 aromatic rings. The number of nitrogens with zero attached hydrogens (tertiary/aromatic N) is 3. The Morgan fingerprint density at radius 2 is 1.93 bits per heavy atom. The largest absolute Gasteiger partial charge is 0.421 e. The Balaban J connectivity index is 1.63. The fourth-order valence-electron chi connectivity index (χ4n) is 3.23. The van der Waals surface area contributed by atoms with Crippen LogP contribution in [0.1, 0.15) is 23.9 Å². The zero-order chi connectivity index (χ0) is 19.7. The summed E-state index contributed by atoms with van der Waals surface area (Å²) < 4.78 is 7.64. The van der Waals surface area contributed by atoms with Gasteiger partial charge in [0.15, 0.2) is 0 Å². The van der Waals surface area contributed by atoms with Gasteiger partial charge in [-0.05, 0) is 43.2 Å². The van der Waals surface area contributed by atoms with Gasteiger partial charge >= 0.3 is 0 Å². The van der Waals surface area contributed by atoms with Gasteiger partial charge in [0.2, 0.25) is 17.7 Å². The van der Waals surface area contributed by atoms with Gasteiger partial charge in [0, 0.05) is 29.2 Å². The molecule has 0 atom stereocenters. The summed E-state index contributed by atoms with van der Waals surface area (Å²) in [4.78, 5) is 12.6. The highest BCUT2D eigenvalue weighted by molar-refractivity contribution is 5.96. The van der Waals surface area contributed by atoms with Crippen LogP contribution in [-0.2, 0) is 17.8 Å². The van der Waals surface area contributed by atoms with Crippen LogP contribution in [0.15, 0.2) is 53.1 Å². The van der Waals surface area contributed by atoms with Gasteiger partial charge in [-0.1, -0.05) is 31.2 Å². The van der Waals surface area contributed by atoms with Crippen molar-refractivity contribution in [3.8, 4) is 11.5 Å². The fraction of sp³-hybridized carbons (Fsp3) is 0.227. The summed E-state index contributed by atoms with van der Waals surface area (Å²) in [5.41, 5.74) is 4.93. The molecule has 142 valence electrons. The minimum absolute atomic E-state index is 0.0877. The average molecular weight is 374 g/mol. The molecule has 6 nitrogen and oxygen atoms in total. The molecule has 2 aromatic heterocycles. The second-order valence-corrected chi connectivity index (χ2v) is 6.89. The van der Waals surface area contributed by atoms with E-state index < -0.39 is 0 Å². The number of anilines is 1. The molecule has 4 rings (SSSR count). The van der Waals surface area contributed by atoms with E-state index in [1.807, 2.05) is 67.1 Å². The second kappa shape index (κ2) is 7.31. The molecule has 2 aromatic carbocycles. The molecule has 0 bridgehead atoms. The molecule has 0 aliphatic heterocycles. The molecule has 1 N–H and O–H groups in total. The van der Waals surface area contributed by atoms with Crippen LogP contribution in [0.4, 0.5) is 5.69 Å². The molecule has 0 aliphatic rings. The van der Waals surface area contributed by atoms with Crippen LogP contribution in [-0.4, -0.2) is 20.7 Å². The van der Waals surface area contributed by atoms with Gasteiger partial charge in [-0.2, -0.15) is 0 Å². The third-order valence-electron chi connectivity index (χ3n) is 4.89. The van der Waals surface area contributed by atoms with E-state index in [2.05, 4.69) is 22.4 Å². The molecule has 0 radical (unpaired) electrons. The van der Waals surface area contributed by atoms with Gasteiger partial charge in [-0.3, -0.25) is 4.79 Å². The maximum atomic E-state index is 12.6. The Morgan fingerprint density at radius 3 is 2.68 bits per heavy atom. The molecule has 0 saturated heterocycles. The molecular weight excluding hydrogens is 352 g/mol. The number of aryl methyl sites for hydroxylation is 3. The van der Waals surface area contributed by atoms with Crippen LogP contribution in [0.5, 0.6) is 0 Å². The molecule has 0 spiro atoms. The van der Waals surface area contributed by atoms with Crippen LogP contribution in [0.3, 0.4) is 0 Å². The Hall–Kier alpha value is -3.41. The Morgan fingerprint density at radius 1 is 1.11 bits per heavy atom. The first-order valence-electron chi connectivity index (χ1n) is 9.33. The number of hydrogen-bond donors (Lipinski definition) is 1. The topological polar surface area (TPSA) is 73.0 Å². The van der Waals surface area contributed by atoms with Crippen molar-refractivity contribution in [3.63, 3.8) is 0 Å². The zero-order valence-electron chi connectivity index (χ0n) is 16.2. The van der Waals surface area contributed by atoms with Crippen LogP contribution in [0.25, 0.3) is 22.4 Å².